The lowest BCUT2D eigenvalue weighted by Gasteiger charge is -2.13. The summed E-state index contributed by atoms with van der Waals surface area (Å²) in [5.74, 6) is -1.74. The van der Waals surface area contributed by atoms with E-state index in [4.69, 9.17) is 4.74 Å². The predicted octanol–water partition coefficient (Wildman–Crippen LogP) is 1.52. The number of nitrogens with one attached hydrogen (secondary N) is 2. The van der Waals surface area contributed by atoms with Crippen molar-refractivity contribution in [2.24, 2.45) is 0 Å². The highest BCUT2D eigenvalue weighted by Crippen LogP contribution is 2.22. The molecule has 0 spiro atoms. The minimum Gasteiger partial charge on any atom is -0.464 e. The molecule has 0 radical (unpaired) electrons. The molecule has 3 aromatic rings. The van der Waals surface area contributed by atoms with E-state index >= 15 is 0 Å². The second kappa shape index (κ2) is 8.16. The molecular formula is C21H18N4O5. The summed E-state index contributed by atoms with van der Waals surface area (Å²) in [5, 5.41) is 10.1. The number of ether oxygens (including phenoxy) is 1. The van der Waals surface area contributed by atoms with E-state index in [1.54, 1.807) is 36.4 Å². The van der Waals surface area contributed by atoms with Gasteiger partial charge in [-0.2, -0.15) is 5.10 Å². The van der Waals surface area contributed by atoms with Crippen LogP contribution in [0, 0.1) is 0 Å². The third-order valence-corrected chi connectivity index (χ3v) is 4.76. The summed E-state index contributed by atoms with van der Waals surface area (Å²) in [6, 6.07) is 13.8. The first-order valence-corrected chi connectivity index (χ1v) is 9.38. The van der Waals surface area contributed by atoms with Crippen LogP contribution in [-0.2, 0) is 9.53 Å². The predicted molar refractivity (Wildman–Crippen MR) is 106 cm³/mol. The van der Waals surface area contributed by atoms with Crippen molar-refractivity contribution >= 4 is 34.6 Å². The van der Waals surface area contributed by atoms with Gasteiger partial charge in [0.05, 0.1) is 29.6 Å². The van der Waals surface area contributed by atoms with Crippen LogP contribution < -0.4 is 5.32 Å². The minimum absolute atomic E-state index is 0.0241. The van der Waals surface area contributed by atoms with Crippen LogP contribution in [0.1, 0.15) is 37.6 Å². The molecule has 2 heterocycles. The SMILES string of the molecule is O=C(CCNC(=O)c1n[nH]c2ccccc12)OCCN1C(=O)c2ccccc2C1=O. The zero-order valence-corrected chi connectivity index (χ0v) is 15.9. The number of carbonyl (C=O) groups is 4. The van der Waals surface area contributed by atoms with Crippen molar-refractivity contribution < 1.29 is 23.9 Å². The largest absolute Gasteiger partial charge is 0.464 e. The van der Waals surface area contributed by atoms with Gasteiger partial charge < -0.3 is 10.1 Å². The van der Waals surface area contributed by atoms with Crippen LogP contribution in [0.25, 0.3) is 10.9 Å². The lowest BCUT2D eigenvalue weighted by atomic mass is 10.1. The van der Waals surface area contributed by atoms with Gasteiger partial charge in [-0.05, 0) is 18.2 Å². The molecule has 1 aliphatic rings. The van der Waals surface area contributed by atoms with E-state index in [-0.39, 0.29) is 31.8 Å². The standard InChI is InChI=1S/C21H18N4O5/c26-17(9-10-22-19(27)18-15-7-3-4-8-16(15)23-24-18)30-12-11-25-20(28)13-5-1-2-6-14(13)21(25)29/h1-8H,9-12H2,(H,22,27)(H,23,24). The fraction of sp³-hybridized carbons (Fsp3) is 0.190. The highest BCUT2D eigenvalue weighted by atomic mass is 16.5. The van der Waals surface area contributed by atoms with E-state index in [0.717, 1.165) is 10.4 Å². The number of esters is 1. The number of aromatic amines is 1. The van der Waals surface area contributed by atoms with E-state index in [1.807, 2.05) is 12.1 Å². The number of fused-ring (bicyclic) bond motifs is 2. The van der Waals surface area contributed by atoms with Crippen molar-refractivity contribution in [3.8, 4) is 0 Å². The normalized spacial score (nSPS) is 12.9. The summed E-state index contributed by atoms with van der Waals surface area (Å²) in [4.78, 5) is 49.7. The van der Waals surface area contributed by atoms with E-state index < -0.39 is 23.7 Å². The fourth-order valence-electron chi connectivity index (χ4n) is 3.26. The number of rotatable bonds is 7. The van der Waals surface area contributed by atoms with Crippen molar-refractivity contribution in [2.45, 2.75) is 6.42 Å². The number of carbonyl (C=O) groups excluding carboxylic acids is 4. The molecule has 0 bridgehead atoms. The van der Waals surface area contributed by atoms with Crippen LogP contribution in [0.4, 0.5) is 0 Å². The Labute approximate surface area is 171 Å². The average molecular weight is 406 g/mol. The monoisotopic (exact) mass is 406 g/mol. The first-order valence-electron chi connectivity index (χ1n) is 9.38. The third kappa shape index (κ3) is 3.64. The molecule has 4 rings (SSSR count). The first-order chi connectivity index (χ1) is 14.6. The van der Waals surface area contributed by atoms with Crippen LogP contribution >= 0.6 is 0 Å². The minimum atomic E-state index is -0.543. The molecule has 3 amide bonds. The quantitative estimate of drug-likeness (QED) is 0.453. The zero-order chi connectivity index (χ0) is 21.1. The Balaban J connectivity index is 1.21. The highest BCUT2D eigenvalue weighted by molar-refractivity contribution is 6.21. The van der Waals surface area contributed by atoms with Crippen molar-refractivity contribution in [3.05, 3.63) is 65.4 Å². The molecule has 9 heteroatoms. The fourth-order valence-corrected chi connectivity index (χ4v) is 3.26. The topological polar surface area (TPSA) is 121 Å². The number of hydrogen-bond acceptors (Lipinski definition) is 6. The molecule has 2 N–H and O–H groups in total. The van der Waals surface area contributed by atoms with Gasteiger partial charge >= 0.3 is 5.97 Å². The summed E-state index contributed by atoms with van der Waals surface area (Å²) in [6.45, 7) is -0.0577. The smallest absolute Gasteiger partial charge is 0.307 e. The van der Waals surface area contributed by atoms with Crippen molar-refractivity contribution in [2.75, 3.05) is 19.7 Å². The number of nitrogens with zero attached hydrogens (tertiary/aromatic N) is 2. The van der Waals surface area contributed by atoms with Gasteiger partial charge in [0, 0.05) is 11.9 Å². The van der Waals surface area contributed by atoms with Crippen LogP contribution in [0.2, 0.25) is 0 Å². The molecule has 0 saturated carbocycles. The number of H-pyrrole nitrogens is 1. The summed E-state index contributed by atoms with van der Waals surface area (Å²) in [6.07, 6.45) is -0.0454. The molecule has 9 nitrogen and oxygen atoms in total. The summed E-state index contributed by atoms with van der Waals surface area (Å²) in [7, 11) is 0. The van der Waals surface area contributed by atoms with Gasteiger partial charge in [-0.3, -0.25) is 29.2 Å². The maximum atomic E-state index is 12.2. The number of benzene rings is 2. The van der Waals surface area contributed by atoms with Gasteiger partial charge in [-0.25, -0.2) is 0 Å². The molecule has 0 fully saturated rings. The molecule has 1 aliphatic heterocycles. The van der Waals surface area contributed by atoms with E-state index in [9.17, 15) is 19.2 Å². The van der Waals surface area contributed by atoms with Crippen LogP contribution in [-0.4, -0.2) is 58.5 Å². The lowest BCUT2D eigenvalue weighted by molar-refractivity contribution is -0.143. The van der Waals surface area contributed by atoms with Crippen LogP contribution in [0.3, 0.4) is 0 Å². The zero-order valence-electron chi connectivity index (χ0n) is 15.9. The summed E-state index contributed by atoms with van der Waals surface area (Å²) in [5.41, 5.74) is 1.70. The van der Waals surface area contributed by atoms with E-state index in [1.165, 1.54) is 0 Å². The lowest BCUT2D eigenvalue weighted by Crippen LogP contribution is -2.34. The maximum absolute atomic E-state index is 12.2. The highest BCUT2D eigenvalue weighted by Gasteiger charge is 2.34. The van der Waals surface area contributed by atoms with Crippen molar-refractivity contribution in [3.63, 3.8) is 0 Å². The van der Waals surface area contributed by atoms with Gasteiger partial charge in [-0.15, -0.1) is 0 Å². The Kier molecular flexibility index (Phi) is 5.25. The second-order valence-electron chi connectivity index (χ2n) is 6.65. The Bertz CT molecular complexity index is 1120. The second-order valence-corrected chi connectivity index (χ2v) is 6.65. The van der Waals surface area contributed by atoms with Gasteiger partial charge in [0.15, 0.2) is 5.69 Å². The summed E-state index contributed by atoms with van der Waals surface area (Å²) >= 11 is 0. The number of hydrogen-bond donors (Lipinski definition) is 2. The number of amides is 3. The molecule has 0 aliphatic carbocycles. The average Bonchev–Trinajstić information content (AvgIpc) is 3.29. The van der Waals surface area contributed by atoms with Crippen molar-refractivity contribution in [1.29, 1.82) is 0 Å². The van der Waals surface area contributed by atoms with E-state index in [0.29, 0.717) is 16.5 Å². The number of aromatic nitrogens is 2. The molecule has 1 aromatic heterocycles. The molecular weight excluding hydrogens is 388 g/mol. The maximum Gasteiger partial charge on any atom is 0.307 e. The molecule has 2 aromatic carbocycles. The Hall–Kier alpha value is -4.01. The molecule has 0 saturated heterocycles. The molecule has 0 unspecified atom stereocenters. The Morgan fingerprint density at radius 2 is 1.67 bits per heavy atom. The number of para-hydroxylation sites is 1. The van der Waals surface area contributed by atoms with Gasteiger partial charge in [-0.1, -0.05) is 30.3 Å². The van der Waals surface area contributed by atoms with Crippen LogP contribution in [0.5, 0.6) is 0 Å². The van der Waals surface area contributed by atoms with Gasteiger partial charge in [0.2, 0.25) is 0 Å². The molecule has 0 atom stereocenters. The van der Waals surface area contributed by atoms with Crippen molar-refractivity contribution in [1.82, 2.24) is 20.4 Å². The van der Waals surface area contributed by atoms with Gasteiger partial charge in [0.1, 0.15) is 6.61 Å². The molecule has 30 heavy (non-hydrogen) atoms. The first kappa shape index (κ1) is 19.3. The Morgan fingerprint density at radius 1 is 1.00 bits per heavy atom. The number of imide groups is 1. The molecule has 152 valence electrons. The van der Waals surface area contributed by atoms with E-state index in [2.05, 4.69) is 15.5 Å². The van der Waals surface area contributed by atoms with Crippen LogP contribution in [0.15, 0.2) is 48.5 Å². The third-order valence-electron chi connectivity index (χ3n) is 4.76. The Morgan fingerprint density at radius 3 is 2.40 bits per heavy atom. The summed E-state index contributed by atoms with van der Waals surface area (Å²) < 4.78 is 5.08. The van der Waals surface area contributed by atoms with Gasteiger partial charge in [0.25, 0.3) is 17.7 Å².